The van der Waals surface area contributed by atoms with Gasteiger partial charge in [-0.05, 0) is 69.8 Å². The van der Waals surface area contributed by atoms with Gasteiger partial charge in [0.15, 0.2) is 5.58 Å². The highest BCUT2D eigenvalue weighted by atomic mass is 16.5. The number of likely N-dealkylation sites (tertiary alicyclic amines) is 1. The fourth-order valence-corrected chi connectivity index (χ4v) is 5.08. The summed E-state index contributed by atoms with van der Waals surface area (Å²) in [6, 6.07) is 8.21. The fourth-order valence-electron chi connectivity index (χ4n) is 5.08. The molecular formula is C24H30N4O. The van der Waals surface area contributed by atoms with Crippen molar-refractivity contribution < 1.29 is 4.52 Å². The molecule has 0 aliphatic carbocycles. The smallest absolute Gasteiger partial charge is 0.167 e. The van der Waals surface area contributed by atoms with Gasteiger partial charge in [-0.1, -0.05) is 23.9 Å². The molecule has 0 bridgehead atoms. The van der Waals surface area contributed by atoms with Gasteiger partial charge in [-0.25, -0.2) is 4.99 Å². The lowest BCUT2D eigenvalue weighted by molar-refractivity contribution is 0.211. The van der Waals surface area contributed by atoms with E-state index in [0.717, 1.165) is 63.1 Å². The first-order valence-electron chi connectivity index (χ1n) is 11.0. The van der Waals surface area contributed by atoms with Crippen molar-refractivity contribution in [3.8, 4) is 0 Å². The first kappa shape index (κ1) is 18.6. The molecule has 0 saturated carbocycles. The van der Waals surface area contributed by atoms with Gasteiger partial charge in [0.2, 0.25) is 0 Å². The number of rotatable bonds is 4. The van der Waals surface area contributed by atoms with Gasteiger partial charge in [0.05, 0.1) is 5.69 Å². The van der Waals surface area contributed by atoms with Crippen molar-refractivity contribution in [2.45, 2.75) is 51.4 Å². The van der Waals surface area contributed by atoms with Crippen molar-refractivity contribution in [3.05, 3.63) is 53.5 Å². The van der Waals surface area contributed by atoms with Crippen molar-refractivity contribution in [1.82, 2.24) is 15.0 Å². The number of fused-ring (bicyclic) bond motifs is 2. The average molecular weight is 391 g/mol. The minimum absolute atomic E-state index is 0.501. The Morgan fingerprint density at radius 3 is 2.83 bits per heavy atom. The summed E-state index contributed by atoms with van der Waals surface area (Å²) >= 11 is 0. The summed E-state index contributed by atoms with van der Waals surface area (Å²) in [5, 5.41) is 5.57. The zero-order valence-corrected chi connectivity index (χ0v) is 17.4. The minimum Gasteiger partial charge on any atom is -0.356 e. The Hall–Kier alpha value is -2.40. The number of amidine groups is 1. The lowest BCUT2D eigenvalue weighted by Crippen LogP contribution is -2.38. The van der Waals surface area contributed by atoms with Gasteiger partial charge in [0.1, 0.15) is 5.84 Å². The average Bonchev–Trinajstić information content (AvgIpc) is 3.18. The van der Waals surface area contributed by atoms with E-state index in [0.29, 0.717) is 5.92 Å². The number of allylic oxidation sites excluding steroid dienone is 2. The van der Waals surface area contributed by atoms with Crippen LogP contribution in [-0.2, 0) is 0 Å². The molecule has 0 N–H and O–H groups in total. The second-order valence-corrected chi connectivity index (χ2v) is 8.58. The molecule has 5 heteroatoms. The first-order valence-corrected chi connectivity index (χ1v) is 11.0. The van der Waals surface area contributed by atoms with Gasteiger partial charge < -0.3 is 14.3 Å². The van der Waals surface area contributed by atoms with Crippen molar-refractivity contribution in [2.24, 2.45) is 4.99 Å². The quantitative estimate of drug-likeness (QED) is 0.730. The molecule has 0 amide bonds. The molecule has 0 spiro atoms. The summed E-state index contributed by atoms with van der Waals surface area (Å²) in [7, 11) is 0. The number of hydrogen-bond donors (Lipinski definition) is 0. The first-order chi connectivity index (χ1) is 14.2. The van der Waals surface area contributed by atoms with Crippen LogP contribution in [0.25, 0.3) is 11.0 Å². The van der Waals surface area contributed by atoms with Gasteiger partial charge in [-0.2, -0.15) is 0 Å². The molecule has 1 aromatic heterocycles. The second-order valence-electron chi connectivity index (χ2n) is 8.58. The van der Waals surface area contributed by atoms with Crippen LogP contribution in [0.1, 0.15) is 57.1 Å². The monoisotopic (exact) mass is 390 g/mol. The molecule has 4 heterocycles. The predicted octanol–water partition coefficient (Wildman–Crippen LogP) is 5.08. The Balaban J connectivity index is 1.20. The van der Waals surface area contributed by atoms with Crippen LogP contribution < -0.4 is 0 Å². The van der Waals surface area contributed by atoms with Crippen molar-refractivity contribution in [3.63, 3.8) is 0 Å². The highest BCUT2D eigenvalue weighted by molar-refractivity contribution is 5.87. The van der Waals surface area contributed by atoms with Crippen LogP contribution in [-0.4, -0.2) is 47.0 Å². The van der Waals surface area contributed by atoms with E-state index in [9.17, 15) is 0 Å². The normalized spacial score (nSPS) is 21.6. The van der Waals surface area contributed by atoms with E-state index in [4.69, 9.17) is 9.52 Å². The second kappa shape index (κ2) is 7.79. The van der Waals surface area contributed by atoms with E-state index < -0.39 is 0 Å². The number of hydrogen-bond acceptors (Lipinski definition) is 5. The highest BCUT2D eigenvalue weighted by Crippen LogP contribution is 2.34. The number of para-hydroxylation sites is 1. The molecule has 3 aliphatic rings. The van der Waals surface area contributed by atoms with E-state index >= 15 is 0 Å². The third-order valence-corrected chi connectivity index (χ3v) is 6.81. The summed E-state index contributed by atoms with van der Waals surface area (Å²) < 4.78 is 5.53. The van der Waals surface area contributed by atoms with Gasteiger partial charge in [0, 0.05) is 42.2 Å². The third-order valence-electron chi connectivity index (χ3n) is 6.81. The molecule has 0 atom stereocenters. The molecule has 2 aromatic rings. The lowest BCUT2D eigenvalue weighted by atomic mass is 9.91. The fraction of sp³-hybridized carbons (Fsp3) is 0.500. The summed E-state index contributed by atoms with van der Waals surface area (Å²) in [6.45, 7) is 11.0. The summed E-state index contributed by atoms with van der Waals surface area (Å²) in [6.07, 6.45) is 6.91. The van der Waals surface area contributed by atoms with Crippen LogP contribution in [0.4, 0.5) is 0 Å². The summed E-state index contributed by atoms with van der Waals surface area (Å²) in [5.41, 5.74) is 5.76. The molecule has 0 unspecified atom stereocenters. The highest BCUT2D eigenvalue weighted by Gasteiger charge is 2.28. The standard InChI is InChI=1S/C24H30N4O/c1-17-20(18(2)28-13-6-5-9-23(28)25-17)12-16-27-14-10-19(11-15-27)24-21-7-3-4-8-22(21)29-26-24/h3-4,7-8,19H,2,5-6,9-16H2,1H3. The topological polar surface area (TPSA) is 44.9 Å². The van der Waals surface area contributed by atoms with Crippen LogP contribution >= 0.6 is 0 Å². The Kier molecular flexibility index (Phi) is 5.00. The van der Waals surface area contributed by atoms with Crippen LogP contribution in [0.5, 0.6) is 0 Å². The van der Waals surface area contributed by atoms with E-state index in [1.807, 2.05) is 12.1 Å². The van der Waals surface area contributed by atoms with E-state index in [2.05, 4.69) is 40.6 Å². The maximum atomic E-state index is 5.53. The predicted molar refractivity (Wildman–Crippen MR) is 117 cm³/mol. The van der Waals surface area contributed by atoms with Crippen molar-refractivity contribution >= 4 is 16.8 Å². The van der Waals surface area contributed by atoms with Crippen LogP contribution in [0.2, 0.25) is 0 Å². The number of nitrogens with zero attached hydrogens (tertiary/aromatic N) is 4. The molecule has 2 saturated heterocycles. The Labute approximate surface area is 172 Å². The Morgan fingerprint density at radius 1 is 1.14 bits per heavy atom. The summed E-state index contributed by atoms with van der Waals surface area (Å²) in [5.74, 6) is 1.73. The van der Waals surface area contributed by atoms with E-state index in [1.165, 1.54) is 41.0 Å². The van der Waals surface area contributed by atoms with Gasteiger partial charge in [0.25, 0.3) is 0 Å². The Morgan fingerprint density at radius 2 is 1.97 bits per heavy atom. The number of benzene rings is 1. The lowest BCUT2D eigenvalue weighted by Gasteiger charge is -2.37. The number of aromatic nitrogens is 1. The molecule has 2 fully saturated rings. The largest absolute Gasteiger partial charge is 0.356 e. The van der Waals surface area contributed by atoms with Crippen molar-refractivity contribution in [1.29, 1.82) is 0 Å². The van der Waals surface area contributed by atoms with Gasteiger partial charge in [-0.15, -0.1) is 0 Å². The zero-order chi connectivity index (χ0) is 19.8. The van der Waals surface area contributed by atoms with Gasteiger partial charge >= 0.3 is 0 Å². The molecule has 29 heavy (non-hydrogen) atoms. The minimum atomic E-state index is 0.501. The van der Waals surface area contributed by atoms with E-state index in [-0.39, 0.29) is 0 Å². The molecule has 152 valence electrons. The Bertz CT molecular complexity index is 978. The zero-order valence-electron chi connectivity index (χ0n) is 17.4. The summed E-state index contributed by atoms with van der Waals surface area (Å²) in [4.78, 5) is 9.84. The molecule has 5 nitrogen and oxygen atoms in total. The van der Waals surface area contributed by atoms with Crippen LogP contribution in [0.15, 0.2) is 57.3 Å². The molecule has 3 aliphatic heterocycles. The van der Waals surface area contributed by atoms with Crippen molar-refractivity contribution in [2.75, 3.05) is 26.2 Å². The number of aliphatic imine (C=N–C) groups is 1. The van der Waals surface area contributed by atoms with Gasteiger partial charge in [-0.3, -0.25) is 0 Å². The van der Waals surface area contributed by atoms with Crippen LogP contribution in [0, 0.1) is 0 Å². The third kappa shape index (κ3) is 3.52. The van der Waals surface area contributed by atoms with E-state index in [1.54, 1.807) is 0 Å². The maximum Gasteiger partial charge on any atom is 0.167 e. The molecular weight excluding hydrogens is 360 g/mol. The number of piperidine rings is 2. The molecule has 5 rings (SSSR count). The molecule has 0 radical (unpaired) electrons. The SMILES string of the molecule is C=C1C(CCN2CCC(c3noc4ccccc34)CC2)=C(C)N=C2CCCCN12. The van der Waals surface area contributed by atoms with Crippen LogP contribution in [0.3, 0.4) is 0 Å². The molecule has 1 aromatic carbocycles. The maximum absolute atomic E-state index is 5.53.